The molecule has 2 rings (SSSR count). The molecule has 0 aliphatic carbocycles. The highest BCUT2D eigenvalue weighted by Gasteiger charge is 2.25. The number of fused-ring (bicyclic) bond motifs is 1. The fourth-order valence-electron chi connectivity index (χ4n) is 2.84. The van der Waals surface area contributed by atoms with Gasteiger partial charge < -0.3 is 19.5 Å². The van der Waals surface area contributed by atoms with Crippen LogP contribution in [-0.4, -0.2) is 45.5 Å². The number of carbonyl (C=O) groups excluding carboxylic acids is 3. The summed E-state index contributed by atoms with van der Waals surface area (Å²) in [5.41, 5.74) is 0.134. The molecule has 31 heavy (non-hydrogen) atoms. The van der Waals surface area contributed by atoms with Gasteiger partial charge in [-0.05, 0) is 73.1 Å². The highest BCUT2D eigenvalue weighted by atomic mass is 16.6. The average Bonchev–Trinajstić information content (AvgIpc) is 2.92. The molecule has 9 heteroatoms. The molecule has 1 aromatic carbocycles. The second-order valence-corrected chi connectivity index (χ2v) is 9.06. The van der Waals surface area contributed by atoms with E-state index in [1.807, 2.05) is 0 Å². The Labute approximate surface area is 182 Å². The van der Waals surface area contributed by atoms with Crippen LogP contribution in [0.15, 0.2) is 12.1 Å². The molecule has 0 bridgehead atoms. The third kappa shape index (κ3) is 6.44. The number of aryl methyl sites for hydroxylation is 1. The Bertz CT molecular complexity index is 995. The first-order valence-corrected chi connectivity index (χ1v) is 10.1. The predicted molar refractivity (Wildman–Crippen MR) is 115 cm³/mol. The van der Waals surface area contributed by atoms with Gasteiger partial charge in [0.15, 0.2) is 0 Å². The molecule has 9 nitrogen and oxygen atoms in total. The molecule has 0 spiro atoms. The van der Waals surface area contributed by atoms with Gasteiger partial charge in [0, 0.05) is 6.54 Å². The number of hydrogen-bond donors (Lipinski definition) is 1. The zero-order chi connectivity index (χ0) is 23.6. The normalized spacial score (nSPS) is 11.9. The van der Waals surface area contributed by atoms with Crippen molar-refractivity contribution in [2.45, 2.75) is 73.1 Å². The van der Waals surface area contributed by atoms with Crippen molar-refractivity contribution in [1.82, 2.24) is 14.9 Å². The minimum absolute atomic E-state index is 0.0792. The summed E-state index contributed by atoms with van der Waals surface area (Å²) < 4.78 is 17.2. The Morgan fingerprint density at radius 1 is 1.03 bits per heavy atom. The van der Waals surface area contributed by atoms with Crippen molar-refractivity contribution in [2.75, 3.05) is 6.61 Å². The predicted octanol–water partition coefficient (Wildman–Crippen LogP) is 4.33. The van der Waals surface area contributed by atoms with Crippen LogP contribution < -0.4 is 5.32 Å². The third-order valence-corrected chi connectivity index (χ3v) is 3.89. The van der Waals surface area contributed by atoms with Gasteiger partial charge in [-0.15, -0.1) is 0 Å². The maximum atomic E-state index is 12.8. The van der Waals surface area contributed by atoms with Gasteiger partial charge in [0.2, 0.25) is 0 Å². The molecule has 0 fully saturated rings. The molecule has 0 saturated heterocycles. The van der Waals surface area contributed by atoms with E-state index in [0.29, 0.717) is 22.4 Å². The van der Waals surface area contributed by atoms with Crippen molar-refractivity contribution >= 4 is 29.2 Å². The van der Waals surface area contributed by atoms with Crippen molar-refractivity contribution in [1.29, 1.82) is 0 Å². The first-order chi connectivity index (χ1) is 14.2. The first kappa shape index (κ1) is 24.2. The smallest absolute Gasteiger partial charge is 0.420 e. The average molecular weight is 434 g/mol. The lowest BCUT2D eigenvalue weighted by Gasteiger charge is -2.20. The largest absolute Gasteiger partial charge is 0.462 e. The number of ether oxygens (including phenoxy) is 3. The Morgan fingerprint density at radius 2 is 1.65 bits per heavy atom. The minimum Gasteiger partial charge on any atom is -0.462 e. The number of carbonyl (C=O) groups is 3. The van der Waals surface area contributed by atoms with E-state index >= 15 is 0 Å². The first-order valence-electron chi connectivity index (χ1n) is 10.1. The number of benzene rings is 1. The van der Waals surface area contributed by atoms with Crippen molar-refractivity contribution in [3.63, 3.8) is 0 Å². The molecule has 1 N–H and O–H groups in total. The molecule has 0 aliphatic rings. The van der Waals surface area contributed by atoms with Gasteiger partial charge in [-0.3, -0.25) is 0 Å². The van der Waals surface area contributed by atoms with Crippen LogP contribution in [-0.2, 0) is 20.8 Å². The summed E-state index contributed by atoms with van der Waals surface area (Å²) in [6, 6.07) is 3.27. The Hall–Kier alpha value is -3.10. The molecule has 0 saturated carbocycles. The SMILES string of the molecule is CCOC(=O)c1cc(CNC(=O)OC(C)(C)C)cc2c1nc(C)n2C(=O)OC(C)(C)C. The van der Waals surface area contributed by atoms with Gasteiger partial charge in [-0.1, -0.05) is 0 Å². The van der Waals surface area contributed by atoms with Crippen LogP contribution in [0.4, 0.5) is 9.59 Å². The molecule has 1 aromatic heterocycles. The molecular formula is C22H31N3O6. The molecule has 1 heterocycles. The van der Waals surface area contributed by atoms with Gasteiger partial charge in [-0.25, -0.2) is 23.9 Å². The molecule has 1 amide bonds. The van der Waals surface area contributed by atoms with Crippen molar-refractivity contribution in [3.05, 3.63) is 29.1 Å². The van der Waals surface area contributed by atoms with Gasteiger partial charge in [-0.2, -0.15) is 0 Å². The van der Waals surface area contributed by atoms with Crippen molar-refractivity contribution in [3.8, 4) is 0 Å². The van der Waals surface area contributed by atoms with E-state index in [0.717, 1.165) is 0 Å². The number of esters is 1. The van der Waals surface area contributed by atoms with E-state index in [9.17, 15) is 14.4 Å². The van der Waals surface area contributed by atoms with Gasteiger partial charge in [0.25, 0.3) is 0 Å². The van der Waals surface area contributed by atoms with E-state index in [4.69, 9.17) is 14.2 Å². The summed E-state index contributed by atoms with van der Waals surface area (Å²) in [5.74, 6) is -0.201. The fraction of sp³-hybridized carbons (Fsp3) is 0.545. The summed E-state index contributed by atoms with van der Waals surface area (Å²) in [7, 11) is 0. The summed E-state index contributed by atoms with van der Waals surface area (Å²) in [4.78, 5) is 41.8. The van der Waals surface area contributed by atoms with E-state index in [-0.39, 0.29) is 18.7 Å². The number of imidazole rings is 1. The van der Waals surface area contributed by atoms with Crippen LogP contribution in [0, 0.1) is 6.92 Å². The molecule has 0 radical (unpaired) electrons. The lowest BCUT2D eigenvalue weighted by molar-refractivity contribution is 0.0516. The minimum atomic E-state index is -0.708. The standard InChI is InChI=1S/C22H31N3O6/c1-9-29-18(26)15-10-14(12-23-19(27)30-21(3,4)5)11-16-17(15)24-13(2)25(16)20(28)31-22(6,7)8/h10-11H,9,12H2,1-8H3,(H,23,27). The van der Waals surface area contributed by atoms with Gasteiger partial charge in [0.1, 0.15) is 22.5 Å². The molecule has 0 atom stereocenters. The van der Waals surface area contributed by atoms with Gasteiger partial charge >= 0.3 is 18.2 Å². The van der Waals surface area contributed by atoms with Crippen LogP contribution in [0.3, 0.4) is 0 Å². The third-order valence-electron chi connectivity index (χ3n) is 3.89. The summed E-state index contributed by atoms with van der Waals surface area (Å²) >= 11 is 0. The number of aromatic nitrogens is 2. The lowest BCUT2D eigenvalue weighted by Crippen LogP contribution is -2.32. The molecule has 170 valence electrons. The van der Waals surface area contributed by atoms with Crippen LogP contribution in [0.5, 0.6) is 0 Å². The Kier molecular flexibility index (Phi) is 6.98. The fourth-order valence-corrected chi connectivity index (χ4v) is 2.84. The molecule has 0 unspecified atom stereocenters. The number of rotatable bonds is 4. The van der Waals surface area contributed by atoms with Crippen LogP contribution in [0.25, 0.3) is 11.0 Å². The van der Waals surface area contributed by atoms with Crippen molar-refractivity contribution in [2.24, 2.45) is 0 Å². The molecular weight excluding hydrogens is 402 g/mol. The number of hydrogen-bond acceptors (Lipinski definition) is 7. The monoisotopic (exact) mass is 433 g/mol. The number of nitrogens with zero attached hydrogens (tertiary/aromatic N) is 2. The molecule has 2 aromatic rings. The zero-order valence-corrected chi connectivity index (χ0v) is 19.4. The van der Waals surface area contributed by atoms with E-state index in [2.05, 4.69) is 10.3 Å². The second-order valence-electron chi connectivity index (χ2n) is 9.06. The van der Waals surface area contributed by atoms with Crippen LogP contribution >= 0.6 is 0 Å². The topological polar surface area (TPSA) is 109 Å². The maximum Gasteiger partial charge on any atom is 0.420 e. The summed E-state index contributed by atoms with van der Waals surface area (Å²) in [6.07, 6.45) is -1.21. The Morgan fingerprint density at radius 3 is 2.19 bits per heavy atom. The number of alkyl carbamates (subject to hydrolysis) is 1. The highest BCUT2D eigenvalue weighted by molar-refractivity contribution is 6.04. The maximum absolute atomic E-state index is 12.8. The molecule has 0 aliphatic heterocycles. The summed E-state index contributed by atoms with van der Waals surface area (Å²) in [6.45, 7) is 14.2. The van der Waals surface area contributed by atoms with Crippen molar-refractivity contribution < 1.29 is 28.6 Å². The lowest BCUT2D eigenvalue weighted by atomic mass is 10.1. The Balaban J connectivity index is 2.51. The quantitative estimate of drug-likeness (QED) is 0.565. The van der Waals surface area contributed by atoms with Gasteiger partial charge in [0.05, 0.1) is 17.7 Å². The van der Waals surface area contributed by atoms with E-state index < -0.39 is 29.4 Å². The number of nitrogens with one attached hydrogen (secondary N) is 1. The zero-order valence-electron chi connectivity index (χ0n) is 19.4. The number of amides is 1. The van der Waals surface area contributed by atoms with E-state index in [1.54, 1.807) is 67.5 Å². The highest BCUT2D eigenvalue weighted by Crippen LogP contribution is 2.25. The second kappa shape index (κ2) is 8.95. The van der Waals surface area contributed by atoms with Crippen LogP contribution in [0.2, 0.25) is 0 Å². The van der Waals surface area contributed by atoms with Crippen LogP contribution in [0.1, 0.15) is 70.2 Å². The van der Waals surface area contributed by atoms with E-state index in [1.165, 1.54) is 4.57 Å². The summed E-state index contributed by atoms with van der Waals surface area (Å²) in [5, 5.41) is 2.65.